The lowest BCUT2D eigenvalue weighted by Crippen LogP contribution is -2.33. The Kier molecular flexibility index (Phi) is 3.49. The van der Waals surface area contributed by atoms with E-state index in [0.717, 1.165) is 19.3 Å². The van der Waals surface area contributed by atoms with Crippen LogP contribution in [0.5, 0.6) is 5.75 Å². The number of phenolic OH excluding ortho intramolecular Hbond substituents is 1. The number of hydrogen-bond acceptors (Lipinski definition) is 4. The first-order valence-electron chi connectivity index (χ1n) is 6.07. The Morgan fingerprint density at radius 2 is 2.11 bits per heavy atom. The minimum atomic E-state index is -3.50. The van der Waals surface area contributed by atoms with E-state index >= 15 is 0 Å². The Balaban J connectivity index is 2.36. The average molecular weight is 270 g/mol. The quantitative estimate of drug-likeness (QED) is 0.628. The van der Waals surface area contributed by atoms with E-state index < -0.39 is 10.0 Å². The monoisotopic (exact) mass is 270 g/mol. The summed E-state index contributed by atoms with van der Waals surface area (Å²) in [5.74, 6) is -0.0950. The molecule has 5 nitrogen and oxygen atoms in total. The topological polar surface area (TPSA) is 83.6 Å². The lowest BCUT2D eigenvalue weighted by Gasteiger charge is -2.21. The van der Waals surface area contributed by atoms with Gasteiger partial charge in [0.25, 0.3) is 0 Å². The molecule has 1 aromatic rings. The number of benzene rings is 1. The Morgan fingerprint density at radius 3 is 2.61 bits per heavy atom. The predicted octanol–water partition coefficient (Wildman–Crippen LogP) is 1.54. The molecule has 1 aliphatic carbocycles. The minimum Gasteiger partial charge on any atom is -0.506 e. The van der Waals surface area contributed by atoms with Crippen LogP contribution in [0.1, 0.15) is 26.2 Å². The van der Waals surface area contributed by atoms with E-state index in [1.807, 2.05) is 6.92 Å². The number of nitrogen functional groups attached to an aromatic ring is 1. The lowest BCUT2D eigenvalue weighted by atomic mass is 10.3. The second kappa shape index (κ2) is 4.78. The van der Waals surface area contributed by atoms with Crippen LogP contribution >= 0.6 is 0 Å². The van der Waals surface area contributed by atoms with Crippen LogP contribution in [0, 0.1) is 0 Å². The van der Waals surface area contributed by atoms with Gasteiger partial charge in [-0.05, 0) is 37.5 Å². The summed E-state index contributed by atoms with van der Waals surface area (Å²) in [6.07, 6.45) is 2.63. The highest BCUT2D eigenvalue weighted by atomic mass is 32.2. The Hall–Kier alpha value is -1.27. The number of rotatable bonds is 5. The molecule has 2 rings (SSSR count). The molecule has 1 aliphatic rings. The summed E-state index contributed by atoms with van der Waals surface area (Å²) < 4.78 is 26.5. The molecule has 0 atom stereocenters. The fourth-order valence-corrected chi connectivity index (χ4v) is 3.72. The number of nitrogens with zero attached hydrogens (tertiary/aromatic N) is 1. The van der Waals surface area contributed by atoms with Gasteiger partial charge in [0.2, 0.25) is 10.0 Å². The fourth-order valence-electron chi connectivity index (χ4n) is 1.91. The van der Waals surface area contributed by atoms with Gasteiger partial charge in [-0.15, -0.1) is 0 Å². The highest BCUT2D eigenvalue weighted by Gasteiger charge is 2.37. The van der Waals surface area contributed by atoms with Crippen LogP contribution in [0.2, 0.25) is 0 Å². The van der Waals surface area contributed by atoms with E-state index in [0.29, 0.717) is 6.54 Å². The van der Waals surface area contributed by atoms with E-state index in [1.165, 1.54) is 18.2 Å². The van der Waals surface area contributed by atoms with Gasteiger partial charge in [-0.25, -0.2) is 8.42 Å². The van der Waals surface area contributed by atoms with Gasteiger partial charge < -0.3 is 10.8 Å². The summed E-state index contributed by atoms with van der Waals surface area (Å²) in [7, 11) is -3.50. The first-order valence-corrected chi connectivity index (χ1v) is 7.51. The highest BCUT2D eigenvalue weighted by Crippen LogP contribution is 2.33. The predicted molar refractivity (Wildman–Crippen MR) is 69.7 cm³/mol. The SMILES string of the molecule is CCCN(C1CC1)S(=O)(=O)c1ccc(O)c(N)c1. The molecule has 0 aliphatic heterocycles. The third-order valence-electron chi connectivity index (χ3n) is 3.00. The summed E-state index contributed by atoms with van der Waals surface area (Å²) in [5, 5.41) is 9.34. The molecule has 0 unspecified atom stereocenters. The molecule has 0 radical (unpaired) electrons. The lowest BCUT2D eigenvalue weighted by molar-refractivity contribution is 0.403. The maximum absolute atomic E-state index is 12.5. The smallest absolute Gasteiger partial charge is 0.243 e. The van der Waals surface area contributed by atoms with Crippen molar-refractivity contribution in [2.45, 2.75) is 37.1 Å². The molecule has 6 heteroatoms. The number of phenols is 1. The van der Waals surface area contributed by atoms with Crippen LogP contribution in [0.4, 0.5) is 5.69 Å². The van der Waals surface area contributed by atoms with Gasteiger partial charge in [0.05, 0.1) is 10.6 Å². The zero-order chi connectivity index (χ0) is 13.3. The normalized spacial score (nSPS) is 16.1. The molecule has 3 N–H and O–H groups in total. The third-order valence-corrected chi connectivity index (χ3v) is 4.95. The molecular formula is C12H18N2O3S. The third kappa shape index (κ3) is 2.44. The second-order valence-corrected chi connectivity index (χ2v) is 6.46. The van der Waals surface area contributed by atoms with Crippen molar-refractivity contribution < 1.29 is 13.5 Å². The van der Waals surface area contributed by atoms with Crippen LogP contribution in [0.3, 0.4) is 0 Å². The van der Waals surface area contributed by atoms with Crippen LogP contribution in [0.15, 0.2) is 23.1 Å². The molecule has 0 bridgehead atoms. The molecule has 1 fully saturated rings. The van der Waals surface area contributed by atoms with E-state index in [2.05, 4.69) is 0 Å². The van der Waals surface area contributed by atoms with E-state index in [-0.39, 0.29) is 22.4 Å². The van der Waals surface area contributed by atoms with Crippen LogP contribution in [-0.4, -0.2) is 30.4 Å². The molecule has 0 saturated heterocycles. The van der Waals surface area contributed by atoms with E-state index in [4.69, 9.17) is 5.73 Å². The molecule has 0 aromatic heterocycles. The van der Waals surface area contributed by atoms with E-state index in [1.54, 1.807) is 4.31 Å². The second-order valence-electron chi connectivity index (χ2n) is 4.57. The summed E-state index contributed by atoms with van der Waals surface area (Å²) in [4.78, 5) is 0.151. The van der Waals surface area contributed by atoms with Crippen molar-refractivity contribution in [1.82, 2.24) is 4.31 Å². The molecule has 0 heterocycles. The van der Waals surface area contributed by atoms with Gasteiger partial charge in [0.1, 0.15) is 5.75 Å². The van der Waals surface area contributed by atoms with Gasteiger partial charge in [0.15, 0.2) is 0 Å². The Bertz CT molecular complexity index is 538. The van der Waals surface area contributed by atoms with Gasteiger partial charge in [-0.1, -0.05) is 6.92 Å². The molecule has 1 saturated carbocycles. The first-order chi connectivity index (χ1) is 8.46. The van der Waals surface area contributed by atoms with Crippen molar-refractivity contribution in [2.24, 2.45) is 0 Å². The van der Waals surface area contributed by atoms with Gasteiger partial charge in [-0.2, -0.15) is 4.31 Å². The van der Waals surface area contributed by atoms with Gasteiger partial charge >= 0.3 is 0 Å². The van der Waals surface area contributed by atoms with Crippen LogP contribution in [-0.2, 0) is 10.0 Å². The Morgan fingerprint density at radius 1 is 1.44 bits per heavy atom. The Labute approximate surface area is 107 Å². The van der Waals surface area contributed by atoms with Crippen molar-refractivity contribution >= 4 is 15.7 Å². The fraction of sp³-hybridized carbons (Fsp3) is 0.500. The van der Waals surface area contributed by atoms with Crippen molar-refractivity contribution in [3.63, 3.8) is 0 Å². The summed E-state index contributed by atoms with van der Waals surface area (Å²) in [6.45, 7) is 2.48. The van der Waals surface area contributed by atoms with Crippen molar-refractivity contribution in [3.8, 4) is 5.75 Å². The van der Waals surface area contributed by atoms with Crippen molar-refractivity contribution in [2.75, 3.05) is 12.3 Å². The van der Waals surface area contributed by atoms with Gasteiger partial charge in [0, 0.05) is 12.6 Å². The van der Waals surface area contributed by atoms with Crippen LogP contribution in [0.25, 0.3) is 0 Å². The number of anilines is 1. The molecular weight excluding hydrogens is 252 g/mol. The highest BCUT2D eigenvalue weighted by molar-refractivity contribution is 7.89. The number of hydrogen-bond donors (Lipinski definition) is 2. The number of aromatic hydroxyl groups is 1. The van der Waals surface area contributed by atoms with Crippen molar-refractivity contribution in [1.29, 1.82) is 0 Å². The van der Waals surface area contributed by atoms with Crippen LogP contribution < -0.4 is 5.73 Å². The molecule has 18 heavy (non-hydrogen) atoms. The van der Waals surface area contributed by atoms with E-state index in [9.17, 15) is 13.5 Å². The van der Waals surface area contributed by atoms with Gasteiger partial charge in [-0.3, -0.25) is 0 Å². The largest absolute Gasteiger partial charge is 0.506 e. The zero-order valence-electron chi connectivity index (χ0n) is 10.3. The standard InChI is InChI=1S/C12H18N2O3S/c1-2-7-14(9-3-4-9)18(16,17)10-5-6-12(15)11(13)8-10/h5-6,8-9,15H,2-4,7,13H2,1H3. The maximum Gasteiger partial charge on any atom is 0.243 e. The summed E-state index contributed by atoms with van der Waals surface area (Å²) >= 11 is 0. The molecule has 0 amide bonds. The molecule has 0 spiro atoms. The summed E-state index contributed by atoms with van der Waals surface area (Å²) in [6, 6.07) is 4.16. The minimum absolute atomic E-state index is 0.0864. The molecule has 100 valence electrons. The number of nitrogens with two attached hydrogens (primary N) is 1. The maximum atomic E-state index is 12.5. The zero-order valence-corrected chi connectivity index (χ0v) is 11.2. The average Bonchev–Trinajstić information content (AvgIpc) is 3.13. The first kappa shape index (κ1) is 13.2. The molecule has 1 aromatic carbocycles. The number of sulfonamides is 1. The van der Waals surface area contributed by atoms with Crippen molar-refractivity contribution in [3.05, 3.63) is 18.2 Å². The summed E-state index contributed by atoms with van der Waals surface area (Å²) in [5.41, 5.74) is 5.64.